The highest BCUT2D eigenvalue weighted by Gasteiger charge is 2.65. The molecule has 0 aliphatic heterocycles. The summed E-state index contributed by atoms with van der Waals surface area (Å²) in [5.41, 5.74) is 0.124. The Hall–Kier alpha value is -2.63. The first-order chi connectivity index (χ1) is 17.6. The minimum atomic E-state index is -3.80. The van der Waals surface area contributed by atoms with E-state index in [1.165, 1.54) is 29.8 Å². The van der Waals surface area contributed by atoms with Crippen LogP contribution in [0.1, 0.15) is 64.7 Å². The monoisotopic (exact) mass is 525 g/mol. The standard InChI is InChI=1S/C29H35NO6S/c1-3-28-15-13-24-23-12-6-20(31)17-19(23)5-11-25(24)26(28)14-16-29(28,4-2)36-27(32)18-35-21-7-9-22(10-8-21)37(30,33)34/h2,7-10,17,23-26H,3,5-6,11-16,18H2,1H3,(H2,30,33,34)/t23?,24?,25?,26?,28-,29-/m0/s1. The fourth-order valence-corrected chi connectivity index (χ4v) is 8.72. The lowest BCUT2D eigenvalue weighted by Gasteiger charge is -2.56. The molecule has 3 fully saturated rings. The first-order valence-corrected chi connectivity index (χ1v) is 14.9. The lowest BCUT2D eigenvalue weighted by Crippen LogP contribution is -2.55. The fourth-order valence-electron chi connectivity index (χ4n) is 8.21. The smallest absolute Gasteiger partial charge is 0.345 e. The number of carbonyl (C=O) groups is 2. The number of benzene rings is 1. The molecule has 0 aromatic heterocycles. The van der Waals surface area contributed by atoms with Gasteiger partial charge >= 0.3 is 5.97 Å². The molecule has 6 atom stereocenters. The van der Waals surface area contributed by atoms with Crippen LogP contribution in [0.3, 0.4) is 0 Å². The molecule has 4 aliphatic rings. The molecule has 0 radical (unpaired) electrons. The Kier molecular flexibility index (Phi) is 6.74. The highest BCUT2D eigenvalue weighted by Crippen LogP contribution is 2.67. The molecule has 0 spiro atoms. The van der Waals surface area contributed by atoms with Gasteiger partial charge < -0.3 is 9.47 Å². The fraction of sp³-hybridized carbons (Fsp3) is 0.586. The number of allylic oxidation sites excluding steroid dienone is 1. The van der Waals surface area contributed by atoms with Crippen molar-refractivity contribution in [3.63, 3.8) is 0 Å². The maximum Gasteiger partial charge on any atom is 0.345 e. The molecule has 1 aromatic carbocycles. The molecule has 0 amide bonds. The second-order valence-electron chi connectivity index (χ2n) is 11.1. The van der Waals surface area contributed by atoms with Crippen LogP contribution in [0.25, 0.3) is 0 Å². The number of carbonyl (C=O) groups excluding carboxylic acids is 2. The van der Waals surface area contributed by atoms with Crippen LogP contribution in [0, 0.1) is 41.4 Å². The summed E-state index contributed by atoms with van der Waals surface area (Å²) in [5, 5.41) is 5.13. The first-order valence-electron chi connectivity index (χ1n) is 13.3. The van der Waals surface area contributed by atoms with E-state index in [1.54, 1.807) is 0 Å². The average Bonchev–Trinajstić information content (AvgIpc) is 3.21. The highest BCUT2D eigenvalue weighted by molar-refractivity contribution is 7.89. The van der Waals surface area contributed by atoms with Gasteiger partial charge in [-0.15, -0.1) is 6.42 Å². The van der Waals surface area contributed by atoms with Gasteiger partial charge in [0.2, 0.25) is 10.0 Å². The second kappa shape index (κ2) is 9.59. The van der Waals surface area contributed by atoms with Gasteiger partial charge in [0.25, 0.3) is 0 Å². The number of primary sulfonamides is 1. The number of esters is 1. The van der Waals surface area contributed by atoms with E-state index in [9.17, 15) is 18.0 Å². The molecular formula is C29H35NO6S. The minimum absolute atomic E-state index is 0.0312. The molecule has 2 N–H and O–H groups in total. The molecule has 1 aromatic rings. The Balaban J connectivity index is 1.30. The lowest BCUT2D eigenvalue weighted by atomic mass is 9.49. The van der Waals surface area contributed by atoms with E-state index in [1.807, 2.05) is 6.08 Å². The van der Waals surface area contributed by atoms with Crippen LogP contribution in [-0.4, -0.2) is 32.4 Å². The summed E-state index contributed by atoms with van der Waals surface area (Å²) in [7, 11) is -3.80. The SMILES string of the molecule is C#C[C@]1(OC(=O)COc2ccc(S(N)(=O)=O)cc2)CCC2C3CCC4=CC(=O)CCC4C3CC[C@@]21CC. The summed E-state index contributed by atoms with van der Waals surface area (Å²) in [4.78, 5) is 25.0. The largest absolute Gasteiger partial charge is 0.482 e. The maximum atomic E-state index is 13.0. The summed E-state index contributed by atoms with van der Waals surface area (Å²) in [6, 6.07) is 5.57. The summed E-state index contributed by atoms with van der Waals surface area (Å²) in [6.07, 6.45) is 16.1. The molecule has 8 heteroatoms. The van der Waals surface area contributed by atoms with Crippen LogP contribution in [-0.2, 0) is 24.3 Å². The Bertz CT molecular complexity index is 1260. The van der Waals surface area contributed by atoms with Crippen molar-refractivity contribution in [3.8, 4) is 18.1 Å². The predicted octanol–water partition coefficient (Wildman–Crippen LogP) is 4.16. The van der Waals surface area contributed by atoms with Crippen molar-refractivity contribution in [1.82, 2.24) is 0 Å². The van der Waals surface area contributed by atoms with Crippen molar-refractivity contribution in [3.05, 3.63) is 35.9 Å². The number of fused-ring (bicyclic) bond motifs is 5. The van der Waals surface area contributed by atoms with E-state index in [2.05, 4.69) is 12.8 Å². The van der Waals surface area contributed by atoms with Gasteiger partial charge in [-0.25, -0.2) is 18.4 Å². The number of hydrogen-bond donors (Lipinski definition) is 1. The van der Waals surface area contributed by atoms with E-state index >= 15 is 0 Å². The normalized spacial score (nSPS) is 34.8. The van der Waals surface area contributed by atoms with Crippen molar-refractivity contribution >= 4 is 21.8 Å². The number of nitrogens with two attached hydrogens (primary N) is 1. The third-order valence-electron chi connectivity index (χ3n) is 9.78. The van der Waals surface area contributed by atoms with Gasteiger partial charge in [-0.3, -0.25) is 4.79 Å². The molecule has 7 nitrogen and oxygen atoms in total. The lowest BCUT2D eigenvalue weighted by molar-refractivity contribution is -0.175. The number of rotatable bonds is 6. The molecule has 5 rings (SSSR count). The van der Waals surface area contributed by atoms with Gasteiger partial charge in [0.15, 0.2) is 18.0 Å². The van der Waals surface area contributed by atoms with E-state index in [4.69, 9.17) is 21.0 Å². The first kappa shape index (κ1) is 26.0. The van der Waals surface area contributed by atoms with Crippen molar-refractivity contribution in [2.75, 3.05) is 6.61 Å². The van der Waals surface area contributed by atoms with E-state index in [-0.39, 0.29) is 22.7 Å². The van der Waals surface area contributed by atoms with E-state index < -0.39 is 21.6 Å². The van der Waals surface area contributed by atoms with Gasteiger partial charge in [-0.05, 0) is 105 Å². The molecular weight excluding hydrogens is 490 g/mol. The van der Waals surface area contributed by atoms with E-state index in [0.29, 0.717) is 42.3 Å². The van der Waals surface area contributed by atoms with Crippen molar-refractivity contribution in [2.24, 2.45) is 34.2 Å². The van der Waals surface area contributed by atoms with Crippen LogP contribution in [0.4, 0.5) is 0 Å². The van der Waals surface area contributed by atoms with Gasteiger partial charge in [0.05, 0.1) is 4.90 Å². The van der Waals surface area contributed by atoms with Crippen molar-refractivity contribution in [2.45, 2.75) is 75.2 Å². The number of hydrogen-bond acceptors (Lipinski definition) is 6. The highest BCUT2D eigenvalue weighted by atomic mass is 32.2. The minimum Gasteiger partial charge on any atom is -0.482 e. The Labute approximate surface area is 219 Å². The topological polar surface area (TPSA) is 113 Å². The van der Waals surface area contributed by atoms with Crippen LogP contribution in [0.15, 0.2) is 40.8 Å². The summed E-state index contributed by atoms with van der Waals surface area (Å²) >= 11 is 0. The summed E-state index contributed by atoms with van der Waals surface area (Å²) < 4.78 is 34.6. The number of ketones is 1. The Morgan fingerprint density at radius 2 is 1.86 bits per heavy atom. The van der Waals surface area contributed by atoms with Crippen molar-refractivity contribution < 1.29 is 27.5 Å². The molecule has 4 unspecified atom stereocenters. The van der Waals surface area contributed by atoms with E-state index in [0.717, 1.165) is 44.9 Å². The zero-order valence-corrected chi connectivity index (χ0v) is 22.1. The van der Waals surface area contributed by atoms with Gasteiger partial charge in [0.1, 0.15) is 5.75 Å². The molecule has 0 heterocycles. The Morgan fingerprint density at radius 1 is 1.11 bits per heavy atom. The zero-order valence-electron chi connectivity index (χ0n) is 21.3. The third kappa shape index (κ3) is 4.40. The quantitative estimate of drug-likeness (QED) is 0.441. The van der Waals surface area contributed by atoms with Gasteiger partial charge in [-0.1, -0.05) is 18.4 Å². The Morgan fingerprint density at radius 3 is 2.54 bits per heavy atom. The summed E-state index contributed by atoms with van der Waals surface area (Å²) in [5.74, 6) is 5.03. The molecule has 3 saturated carbocycles. The third-order valence-corrected chi connectivity index (χ3v) is 10.7. The molecule has 0 saturated heterocycles. The second-order valence-corrected chi connectivity index (χ2v) is 12.7. The number of sulfonamides is 1. The zero-order chi connectivity index (χ0) is 26.4. The van der Waals surface area contributed by atoms with Crippen molar-refractivity contribution in [1.29, 1.82) is 0 Å². The van der Waals surface area contributed by atoms with Crippen LogP contribution in [0.2, 0.25) is 0 Å². The number of ether oxygens (including phenoxy) is 2. The number of terminal acetylenes is 1. The van der Waals surface area contributed by atoms with Crippen LogP contribution < -0.4 is 9.88 Å². The molecule has 198 valence electrons. The molecule has 4 aliphatic carbocycles. The van der Waals surface area contributed by atoms with Crippen LogP contribution in [0.5, 0.6) is 5.75 Å². The summed E-state index contributed by atoms with van der Waals surface area (Å²) in [6.45, 7) is 1.84. The average molecular weight is 526 g/mol. The maximum absolute atomic E-state index is 13.0. The van der Waals surface area contributed by atoms with Gasteiger partial charge in [-0.2, -0.15) is 0 Å². The molecule has 37 heavy (non-hydrogen) atoms. The van der Waals surface area contributed by atoms with Crippen LogP contribution >= 0.6 is 0 Å². The predicted molar refractivity (Wildman–Crippen MR) is 138 cm³/mol. The van der Waals surface area contributed by atoms with Gasteiger partial charge in [0, 0.05) is 11.8 Å². The molecule has 0 bridgehead atoms.